The summed E-state index contributed by atoms with van der Waals surface area (Å²) in [6, 6.07) is 8.25. The van der Waals surface area contributed by atoms with Crippen LogP contribution in [0.25, 0.3) is 0 Å². The first kappa shape index (κ1) is 22.0. The van der Waals surface area contributed by atoms with E-state index in [9.17, 15) is 13.2 Å². The van der Waals surface area contributed by atoms with Crippen LogP contribution in [0.1, 0.15) is 24.0 Å². The molecular weight excluding hydrogens is 392 g/mol. The topological polar surface area (TPSA) is 91.0 Å². The molecule has 2 aliphatic rings. The number of piperidine rings is 1. The van der Waals surface area contributed by atoms with Gasteiger partial charge in [0.1, 0.15) is 0 Å². The Morgan fingerprint density at radius 3 is 2.52 bits per heavy atom. The number of urea groups is 1. The number of sulfonamides is 1. The fourth-order valence-corrected chi connectivity index (χ4v) is 5.07. The highest BCUT2D eigenvalue weighted by atomic mass is 32.2. The van der Waals surface area contributed by atoms with Gasteiger partial charge in [0.25, 0.3) is 0 Å². The number of morpholine rings is 1. The van der Waals surface area contributed by atoms with Gasteiger partial charge in [-0.2, -0.15) is 4.31 Å². The van der Waals surface area contributed by atoms with Crippen LogP contribution in [0.4, 0.5) is 4.79 Å². The average molecular weight is 425 g/mol. The van der Waals surface area contributed by atoms with E-state index in [1.807, 2.05) is 0 Å². The quantitative estimate of drug-likeness (QED) is 0.679. The Balaban J connectivity index is 1.34. The zero-order valence-electron chi connectivity index (χ0n) is 17.1. The van der Waals surface area contributed by atoms with Gasteiger partial charge in [0.15, 0.2) is 0 Å². The van der Waals surface area contributed by atoms with Gasteiger partial charge in [0.05, 0.1) is 19.0 Å². The number of hydrogen-bond acceptors (Lipinski definition) is 5. The summed E-state index contributed by atoms with van der Waals surface area (Å²) in [5, 5.41) is 5.66. The third-order valence-electron chi connectivity index (χ3n) is 5.59. The van der Waals surface area contributed by atoms with Crippen molar-refractivity contribution in [2.45, 2.75) is 32.4 Å². The number of carbonyl (C=O) groups excluding carboxylic acids is 1. The van der Waals surface area contributed by atoms with Crippen molar-refractivity contribution in [3.05, 3.63) is 35.4 Å². The summed E-state index contributed by atoms with van der Waals surface area (Å²) in [6.45, 7) is 6.67. The summed E-state index contributed by atoms with van der Waals surface area (Å²) in [5.74, 6) is -0.0880. The van der Waals surface area contributed by atoms with Crippen molar-refractivity contribution < 1.29 is 17.9 Å². The van der Waals surface area contributed by atoms with E-state index in [0.29, 0.717) is 26.3 Å². The predicted octanol–water partition coefficient (Wildman–Crippen LogP) is 0.921. The van der Waals surface area contributed by atoms with Crippen molar-refractivity contribution in [2.75, 3.05) is 51.7 Å². The number of amides is 2. The number of nitrogens with zero attached hydrogens (tertiary/aromatic N) is 2. The Bertz CT molecular complexity index is 772. The number of carbonyl (C=O) groups is 1. The Hall–Kier alpha value is -1.68. The molecule has 0 bridgehead atoms. The minimum Gasteiger partial charge on any atom is -0.379 e. The molecule has 2 N–H and O–H groups in total. The minimum absolute atomic E-state index is 0.0880. The molecule has 9 heteroatoms. The maximum Gasteiger partial charge on any atom is 0.315 e. The smallest absolute Gasteiger partial charge is 0.315 e. The average Bonchev–Trinajstić information content (AvgIpc) is 2.72. The second-order valence-corrected chi connectivity index (χ2v) is 9.79. The van der Waals surface area contributed by atoms with Gasteiger partial charge in [0, 0.05) is 45.3 Å². The van der Waals surface area contributed by atoms with Crippen molar-refractivity contribution in [1.82, 2.24) is 19.8 Å². The summed E-state index contributed by atoms with van der Waals surface area (Å²) in [6.07, 6.45) is 1.79. The normalized spacial score (nSPS) is 19.8. The Morgan fingerprint density at radius 2 is 1.83 bits per heavy atom. The van der Waals surface area contributed by atoms with Crippen molar-refractivity contribution in [3.63, 3.8) is 0 Å². The zero-order valence-corrected chi connectivity index (χ0v) is 17.9. The molecule has 2 heterocycles. The fourth-order valence-electron chi connectivity index (χ4n) is 3.75. The van der Waals surface area contributed by atoms with E-state index in [2.05, 4.69) is 46.7 Å². The third kappa shape index (κ3) is 6.67. The predicted molar refractivity (Wildman–Crippen MR) is 112 cm³/mol. The molecule has 0 radical (unpaired) electrons. The minimum atomic E-state index is -3.35. The van der Waals surface area contributed by atoms with Crippen LogP contribution >= 0.6 is 0 Å². The molecule has 0 aliphatic carbocycles. The third-order valence-corrected chi connectivity index (χ3v) is 7.46. The van der Waals surface area contributed by atoms with Gasteiger partial charge in [-0.05, 0) is 30.9 Å². The van der Waals surface area contributed by atoms with Crippen LogP contribution in [-0.2, 0) is 21.3 Å². The molecule has 0 atom stereocenters. The van der Waals surface area contributed by atoms with Gasteiger partial charge < -0.3 is 15.4 Å². The Morgan fingerprint density at radius 1 is 1.14 bits per heavy atom. The number of likely N-dealkylation sites (tertiary alicyclic amines) is 1. The van der Waals surface area contributed by atoms with Crippen LogP contribution in [0.3, 0.4) is 0 Å². The highest BCUT2D eigenvalue weighted by molar-refractivity contribution is 7.89. The van der Waals surface area contributed by atoms with E-state index in [4.69, 9.17) is 4.74 Å². The molecular formula is C20H32N4O4S. The molecule has 8 nitrogen and oxygen atoms in total. The maximum absolute atomic E-state index is 12.3. The molecule has 0 saturated carbocycles. The van der Waals surface area contributed by atoms with Crippen LogP contribution in [0.15, 0.2) is 24.3 Å². The van der Waals surface area contributed by atoms with E-state index < -0.39 is 10.0 Å². The summed E-state index contributed by atoms with van der Waals surface area (Å²) in [5.41, 5.74) is 2.65. The van der Waals surface area contributed by atoms with E-state index in [0.717, 1.165) is 32.5 Å². The lowest BCUT2D eigenvalue weighted by molar-refractivity contribution is 0.0730. The zero-order chi connectivity index (χ0) is 20.7. The molecule has 2 aliphatic heterocycles. The number of hydrogen-bond donors (Lipinski definition) is 2. The molecule has 29 heavy (non-hydrogen) atoms. The summed E-state index contributed by atoms with van der Waals surface area (Å²) < 4.78 is 31.1. The molecule has 0 unspecified atom stereocenters. The van der Waals surface area contributed by atoms with Crippen molar-refractivity contribution in [1.29, 1.82) is 0 Å². The first-order chi connectivity index (χ1) is 13.9. The Labute approximate surface area is 173 Å². The fraction of sp³-hybridized carbons (Fsp3) is 0.650. The van der Waals surface area contributed by atoms with E-state index in [1.165, 1.54) is 15.4 Å². The Kier molecular flexibility index (Phi) is 7.88. The lowest BCUT2D eigenvalue weighted by Crippen LogP contribution is -2.49. The second kappa shape index (κ2) is 10.4. The molecule has 0 spiro atoms. The van der Waals surface area contributed by atoms with E-state index in [1.54, 1.807) is 0 Å². The molecule has 2 saturated heterocycles. The van der Waals surface area contributed by atoms with Gasteiger partial charge in [-0.3, -0.25) is 4.90 Å². The first-order valence-corrected chi connectivity index (χ1v) is 11.9. The molecule has 2 amide bonds. The largest absolute Gasteiger partial charge is 0.379 e. The second-order valence-electron chi connectivity index (χ2n) is 7.70. The first-order valence-electron chi connectivity index (χ1n) is 10.3. The molecule has 3 rings (SSSR count). The molecule has 2 fully saturated rings. The molecule has 0 aromatic heterocycles. The monoisotopic (exact) mass is 424 g/mol. The van der Waals surface area contributed by atoms with Gasteiger partial charge in [-0.1, -0.05) is 24.3 Å². The van der Waals surface area contributed by atoms with E-state index >= 15 is 0 Å². The summed E-state index contributed by atoms with van der Waals surface area (Å²) >= 11 is 0. The highest BCUT2D eigenvalue weighted by Crippen LogP contribution is 2.16. The van der Waals surface area contributed by atoms with Crippen molar-refractivity contribution in [3.8, 4) is 0 Å². The number of rotatable bonds is 7. The molecule has 162 valence electrons. The lowest BCUT2D eigenvalue weighted by Gasteiger charge is -2.32. The van der Waals surface area contributed by atoms with Crippen molar-refractivity contribution >= 4 is 16.1 Å². The van der Waals surface area contributed by atoms with Crippen LogP contribution in [0, 0.1) is 6.92 Å². The lowest BCUT2D eigenvalue weighted by atomic mass is 10.0. The van der Waals surface area contributed by atoms with Crippen molar-refractivity contribution in [2.24, 2.45) is 0 Å². The van der Waals surface area contributed by atoms with Crippen LogP contribution in [0.2, 0.25) is 0 Å². The number of nitrogens with one attached hydrogen (secondary N) is 2. The SMILES string of the molecule is Cc1ccccc1CN1CCC(NC(=O)NCCS(=O)(=O)N2CCOCC2)CC1. The van der Waals surface area contributed by atoms with Gasteiger partial charge in [-0.15, -0.1) is 0 Å². The van der Waals surface area contributed by atoms with Gasteiger partial charge in [0.2, 0.25) is 10.0 Å². The highest BCUT2D eigenvalue weighted by Gasteiger charge is 2.25. The summed E-state index contributed by atoms with van der Waals surface area (Å²) in [7, 11) is -3.35. The standard InChI is InChI=1S/C20H32N4O4S/c1-17-4-2-3-5-18(17)16-23-9-6-19(7-10-23)22-20(25)21-8-15-29(26,27)24-11-13-28-14-12-24/h2-5,19H,6-16H2,1H3,(H2,21,22,25). The number of ether oxygens (including phenoxy) is 1. The van der Waals surface area contributed by atoms with E-state index in [-0.39, 0.29) is 24.4 Å². The number of benzene rings is 1. The maximum atomic E-state index is 12.3. The summed E-state index contributed by atoms with van der Waals surface area (Å²) in [4.78, 5) is 14.5. The van der Waals surface area contributed by atoms with Gasteiger partial charge in [-0.25, -0.2) is 13.2 Å². The van der Waals surface area contributed by atoms with Crippen LogP contribution in [0.5, 0.6) is 0 Å². The van der Waals surface area contributed by atoms with Crippen LogP contribution in [-0.4, -0.2) is 81.4 Å². The molecule has 1 aromatic rings. The van der Waals surface area contributed by atoms with Crippen LogP contribution < -0.4 is 10.6 Å². The molecule has 1 aromatic carbocycles. The van der Waals surface area contributed by atoms with Gasteiger partial charge >= 0.3 is 6.03 Å². The number of aryl methyl sites for hydroxylation is 1.